The summed E-state index contributed by atoms with van der Waals surface area (Å²) in [5, 5.41) is 21.0. The molecule has 0 atom stereocenters. The van der Waals surface area contributed by atoms with Crippen molar-refractivity contribution in [2.75, 3.05) is 6.54 Å². The van der Waals surface area contributed by atoms with Gasteiger partial charge in [0.2, 0.25) is 0 Å². The van der Waals surface area contributed by atoms with E-state index in [1.54, 1.807) is 6.08 Å². The molecular formula is C13H9N2O5S2-. The highest BCUT2D eigenvalue weighted by Crippen LogP contribution is 2.32. The molecule has 7 nitrogen and oxygen atoms in total. The molecule has 0 radical (unpaired) electrons. The van der Waals surface area contributed by atoms with Crippen molar-refractivity contribution in [2.45, 2.75) is 6.42 Å². The molecule has 1 aliphatic rings. The van der Waals surface area contributed by atoms with Crippen LogP contribution in [0.5, 0.6) is 0 Å². The minimum Gasteiger partial charge on any atom is -0.550 e. The van der Waals surface area contributed by atoms with Crippen molar-refractivity contribution >= 4 is 51.9 Å². The molecule has 1 fully saturated rings. The van der Waals surface area contributed by atoms with Crippen LogP contribution < -0.4 is 5.11 Å². The molecule has 9 heteroatoms. The molecule has 1 heterocycles. The van der Waals surface area contributed by atoms with Gasteiger partial charge in [0, 0.05) is 31.1 Å². The second-order valence-electron chi connectivity index (χ2n) is 4.30. The number of aliphatic carboxylic acids is 1. The van der Waals surface area contributed by atoms with Crippen LogP contribution in [0.25, 0.3) is 6.08 Å². The Hall–Kier alpha value is -2.26. The number of nitro benzene ring substituents is 1. The first-order chi connectivity index (χ1) is 10.4. The van der Waals surface area contributed by atoms with Gasteiger partial charge in [0.15, 0.2) is 0 Å². The number of carboxylic acids is 1. The predicted octanol–water partition coefficient (Wildman–Crippen LogP) is 0.936. The highest BCUT2D eigenvalue weighted by Gasteiger charge is 2.31. The maximum Gasteiger partial charge on any atom is 0.269 e. The lowest BCUT2D eigenvalue weighted by Gasteiger charge is -2.14. The first kappa shape index (κ1) is 16.1. The summed E-state index contributed by atoms with van der Waals surface area (Å²) in [4.78, 5) is 34.2. The maximum atomic E-state index is 12.1. The molecular weight excluding hydrogens is 328 g/mol. The van der Waals surface area contributed by atoms with Gasteiger partial charge in [-0.2, -0.15) is 0 Å². The second-order valence-corrected chi connectivity index (χ2v) is 5.98. The normalized spacial score (nSPS) is 16.4. The van der Waals surface area contributed by atoms with E-state index in [4.69, 9.17) is 12.2 Å². The molecule has 1 aromatic carbocycles. The van der Waals surface area contributed by atoms with E-state index in [-0.39, 0.29) is 28.9 Å². The van der Waals surface area contributed by atoms with Gasteiger partial charge in [-0.05, 0) is 23.8 Å². The van der Waals surface area contributed by atoms with Gasteiger partial charge in [0.25, 0.3) is 11.6 Å². The average molecular weight is 337 g/mol. The zero-order valence-electron chi connectivity index (χ0n) is 11.1. The first-order valence-corrected chi connectivity index (χ1v) is 7.30. The van der Waals surface area contributed by atoms with Gasteiger partial charge >= 0.3 is 0 Å². The highest BCUT2D eigenvalue weighted by molar-refractivity contribution is 8.26. The number of hydrogen-bond acceptors (Lipinski definition) is 7. The van der Waals surface area contributed by atoms with E-state index >= 15 is 0 Å². The minimum absolute atomic E-state index is 0.0371. The Kier molecular flexibility index (Phi) is 4.88. The van der Waals surface area contributed by atoms with E-state index in [2.05, 4.69) is 0 Å². The second kappa shape index (κ2) is 6.67. The van der Waals surface area contributed by atoms with Gasteiger partial charge in [-0.3, -0.25) is 19.8 Å². The van der Waals surface area contributed by atoms with E-state index in [0.717, 1.165) is 11.8 Å². The van der Waals surface area contributed by atoms with Crippen molar-refractivity contribution in [3.8, 4) is 0 Å². The monoisotopic (exact) mass is 337 g/mol. The summed E-state index contributed by atoms with van der Waals surface area (Å²) in [5.41, 5.74) is 0.574. The number of carbonyl (C=O) groups excluding carboxylic acids is 2. The molecule has 0 bridgehead atoms. The Balaban J connectivity index is 2.15. The summed E-state index contributed by atoms with van der Waals surface area (Å²) in [7, 11) is 0. The van der Waals surface area contributed by atoms with E-state index in [9.17, 15) is 24.8 Å². The van der Waals surface area contributed by atoms with E-state index in [1.807, 2.05) is 0 Å². The first-order valence-electron chi connectivity index (χ1n) is 6.08. The van der Waals surface area contributed by atoms with Gasteiger partial charge < -0.3 is 9.90 Å². The van der Waals surface area contributed by atoms with Crippen LogP contribution in [0.3, 0.4) is 0 Å². The van der Waals surface area contributed by atoms with Crippen molar-refractivity contribution < 1.29 is 19.6 Å². The van der Waals surface area contributed by atoms with Crippen molar-refractivity contribution in [2.24, 2.45) is 0 Å². The zero-order valence-corrected chi connectivity index (χ0v) is 12.7. The van der Waals surface area contributed by atoms with Crippen LogP contribution in [-0.2, 0) is 9.59 Å². The zero-order chi connectivity index (χ0) is 16.3. The average Bonchev–Trinajstić information content (AvgIpc) is 2.72. The van der Waals surface area contributed by atoms with E-state index < -0.39 is 10.9 Å². The van der Waals surface area contributed by atoms with Crippen molar-refractivity contribution in [1.82, 2.24) is 4.90 Å². The summed E-state index contributed by atoms with van der Waals surface area (Å²) < 4.78 is 0.277. The standard InChI is InChI=1S/C13H10N2O5S2/c16-11(17)5-6-14-12(18)10(22-13(14)21)7-8-1-3-9(4-2-8)15(19)20/h1-4,7H,5-6H2,(H,16,17)/p-1/b10-7-. The number of hydrogen-bond donors (Lipinski definition) is 0. The van der Waals surface area contributed by atoms with Crippen LogP contribution in [0.2, 0.25) is 0 Å². The van der Waals surface area contributed by atoms with Crippen molar-refractivity contribution in [1.29, 1.82) is 0 Å². The fourth-order valence-electron chi connectivity index (χ4n) is 1.74. The number of benzene rings is 1. The van der Waals surface area contributed by atoms with Crippen LogP contribution in [0.4, 0.5) is 5.69 Å². The number of nitrogens with zero attached hydrogens (tertiary/aromatic N) is 2. The number of amides is 1. The summed E-state index contributed by atoms with van der Waals surface area (Å²) in [5.74, 6) is -1.64. The molecule has 1 aromatic rings. The number of nitro groups is 1. The minimum atomic E-state index is -1.26. The van der Waals surface area contributed by atoms with Crippen LogP contribution in [0.1, 0.15) is 12.0 Å². The smallest absolute Gasteiger partial charge is 0.269 e. The lowest BCUT2D eigenvalue weighted by atomic mass is 10.2. The number of thioether (sulfide) groups is 1. The third-order valence-corrected chi connectivity index (χ3v) is 4.19. The lowest BCUT2D eigenvalue weighted by Crippen LogP contribution is -2.33. The summed E-state index contributed by atoms with van der Waals surface area (Å²) in [6.07, 6.45) is 1.26. The number of thiocarbonyl (C=S) groups is 1. The Bertz CT molecular complexity index is 684. The van der Waals surface area contributed by atoms with E-state index in [0.29, 0.717) is 10.5 Å². The van der Waals surface area contributed by atoms with Crippen LogP contribution in [0, 0.1) is 10.1 Å². The Labute approximate surface area is 134 Å². The van der Waals surface area contributed by atoms with Crippen LogP contribution >= 0.6 is 24.0 Å². The third-order valence-electron chi connectivity index (χ3n) is 2.81. The molecule has 0 saturated carbocycles. The molecule has 0 unspecified atom stereocenters. The maximum absolute atomic E-state index is 12.1. The molecule has 1 amide bonds. The fraction of sp³-hybridized carbons (Fsp3) is 0.154. The largest absolute Gasteiger partial charge is 0.550 e. The fourth-order valence-corrected chi connectivity index (χ4v) is 3.05. The number of carboxylic acid groups (broad SMARTS) is 1. The van der Waals surface area contributed by atoms with Crippen molar-refractivity contribution in [3.05, 3.63) is 44.8 Å². The van der Waals surface area contributed by atoms with Gasteiger partial charge in [0.05, 0.1) is 9.83 Å². The molecule has 1 aliphatic heterocycles. The van der Waals surface area contributed by atoms with Gasteiger partial charge in [-0.25, -0.2) is 0 Å². The Morgan fingerprint density at radius 1 is 1.36 bits per heavy atom. The van der Waals surface area contributed by atoms with Crippen LogP contribution in [0.15, 0.2) is 29.2 Å². The quantitative estimate of drug-likeness (QED) is 0.341. The van der Waals surface area contributed by atoms with Gasteiger partial charge in [-0.1, -0.05) is 24.0 Å². The molecule has 0 spiro atoms. The molecule has 0 N–H and O–H groups in total. The number of carbonyl (C=O) groups is 2. The van der Waals surface area contributed by atoms with Gasteiger partial charge in [0.1, 0.15) is 4.32 Å². The molecule has 22 heavy (non-hydrogen) atoms. The summed E-state index contributed by atoms with van der Waals surface area (Å²) >= 11 is 6.10. The predicted molar refractivity (Wildman–Crippen MR) is 82.6 cm³/mol. The Morgan fingerprint density at radius 3 is 2.55 bits per heavy atom. The molecule has 114 valence electrons. The highest BCUT2D eigenvalue weighted by atomic mass is 32.2. The number of rotatable bonds is 5. The number of non-ortho nitro benzene ring substituents is 1. The molecule has 0 aliphatic carbocycles. The van der Waals surface area contributed by atoms with Crippen molar-refractivity contribution in [3.63, 3.8) is 0 Å². The SMILES string of the molecule is O=C([O-])CCN1C(=O)/C(=C/c2ccc([N+](=O)[O-])cc2)SC1=S. The summed E-state index contributed by atoms with van der Waals surface area (Å²) in [6, 6.07) is 5.71. The molecule has 0 aromatic heterocycles. The Morgan fingerprint density at radius 2 is 2.00 bits per heavy atom. The third kappa shape index (κ3) is 3.68. The molecule has 1 saturated heterocycles. The topological polar surface area (TPSA) is 104 Å². The van der Waals surface area contributed by atoms with Crippen LogP contribution in [-0.4, -0.2) is 32.6 Å². The van der Waals surface area contributed by atoms with E-state index in [1.165, 1.54) is 29.2 Å². The lowest BCUT2D eigenvalue weighted by molar-refractivity contribution is -0.384. The molecule has 2 rings (SSSR count). The van der Waals surface area contributed by atoms with Gasteiger partial charge in [-0.15, -0.1) is 0 Å². The summed E-state index contributed by atoms with van der Waals surface area (Å²) in [6.45, 7) is -0.0371.